The molecule has 0 aliphatic carbocycles. The van der Waals surface area contributed by atoms with E-state index in [-0.39, 0.29) is 0 Å². The van der Waals surface area contributed by atoms with E-state index in [1.54, 1.807) is 0 Å². The molecule has 0 bridgehead atoms. The third-order valence-corrected chi connectivity index (χ3v) is 2.78. The first-order valence-corrected chi connectivity index (χ1v) is 5.73. The minimum atomic E-state index is 0.704. The van der Waals surface area contributed by atoms with Gasteiger partial charge < -0.3 is 0 Å². The minimum absolute atomic E-state index is 0.704. The summed E-state index contributed by atoms with van der Waals surface area (Å²) in [5.74, 6) is 0. The number of hydrazone groups is 1. The number of hydrogen-bond acceptors (Lipinski definition) is 3. The summed E-state index contributed by atoms with van der Waals surface area (Å²) in [6.45, 7) is 2.12. The number of rotatable bonds is 3. The SMILES string of the molecule is O=Cc1ccc(/C=N/N2CCCCC2)cc1. The van der Waals surface area contributed by atoms with Crippen molar-refractivity contribution < 1.29 is 4.79 Å². The molecular weight excluding hydrogens is 200 g/mol. The van der Waals surface area contributed by atoms with Crippen LogP contribution in [0, 0.1) is 0 Å². The Balaban J connectivity index is 1.96. The molecule has 0 spiro atoms. The van der Waals surface area contributed by atoms with Crippen LogP contribution in [0.4, 0.5) is 0 Å². The van der Waals surface area contributed by atoms with Gasteiger partial charge in [-0.15, -0.1) is 0 Å². The summed E-state index contributed by atoms with van der Waals surface area (Å²) < 4.78 is 0. The van der Waals surface area contributed by atoms with Gasteiger partial charge >= 0.3 is 0 Å². The van der Waals surface area contributed by atoms with Gasteiger partial charge in [0.1, 0.15) is 6.29 Å². The molecule has 16 heavy (non-hydrogen) atoms. The Bertz CT molecular complexity index is 364. The fraction of sp³-hybridized carbons (Fsp3) is 0.385. The number of nitrogens with zero attached hydrogens (tertiary/aromatic N) is 2. The molecule has 84 valence electrons. The van der Waals surface area contributed by atoms with Crippen molar-refractivity contribution in [2.24, 2.45) is 5.10 Å². The number of carbonyl (C=O) groups excluding carboxylic acids is 1. The number of hydrogen-bond donors (Lipinski definition) is 0. The van der Waals surface area contributed by atoms with Gasteiger partial charge in [0, 0.05) is 18.7 Å². The quantitative estimate of drug-likeness (QED) is 0.573. The summed E-state index contributed by atoms with van der Waals surface area (Å²) in [5.41, 5.74) is 1.74. The van der Waals surface area contributed by atoms with Gasteiger partial charge in [0.05, 0.1) is 6.21 Å². The van der Waals surface area contributed by atoms with Gasteiger partial charge in [0.2, 0.25) is 0 Å². The zero-order valence-corrected chi connectivity index (χ0v) is 9.30. The van der Waals surface area contributed by atoms with E-state index in [0.29, 0.717) is 5.56 Å². The van der Waals surface area contributed by atoms with Crippen LogP contribution in [0.1, 0.15) is 35.2 Å². The number of piperidine rings is 1. The lowest BCUT2D eigenvalue weighted by molar-refractivity contribution is 0.112. The molecule has 0 radical (unpaired) electrons. The standard InChI is InChI=1S/C13H16N2O/c16-11-13-6-4-12(5-7-13)10-14-15-8-2-1-3-9-15/h4-7,10-11H,1-3,8-9H2/b14-10+. The van der Waals surface area contributed by atoms with E-state index in [1.807, 2.05) is 30.5 Å². The van der Waals surface area contributed by atoms with Gasteiger partial charge in [-0.05, 0) is 24.8 Å². The van der Waals surface area contributed by atoms with Crippen LogP contribution in [0.15, 0.2) is 29.4 Å². The van der Waals surface area contributed by atoms with Crippen LogP contribution in [0.2, 0.25) is 0 Å². The second kappa shape index (κ2) is 5.45. The van der Waals surface area contributed by atoms with Crippen LogP contribution in [0.3, 0.4) is 0 Å². The van der Waals surface area contributed by atoms with Gasteiger partial charge in [-0.3, -0.25) is 9.80 Å². The van der Waals surface area contributed by atoms with Crippen molar-refractivity contribution in [3.8, 4) is 0 Å². The van der Waals surface area contributed by atoms with Crippen molar-refractivity contribution in [2.45, 2.75) is 19.3 Å². The molecule has 0 N–H and O–H groups in total. The molecule has 0 saturated carbocycles. The molecule has 1 fully saturated rings. The molecule has 1 aromatic carbocycles. The van der Waals surface area contributed by atoms with Gasteiger partial charge in [0.25, 0.3) is 0 Å². The molecule has 3 heteroatoms. The molecule has 3 nitrogen and oxygen atoms in total. The fourth-order valence-corrected chi connectivity index (χ4v) is 1.80. The van der Waals surface area contributed by atoms with E-state index in [2.05, 4.69) is 10.1 Å². The van der Waals surface area contributed by atoms with Crippen molar-refractivity contribution in [3.63, 3.8) is 0 Å². The highest BCUT2D eigenvalue weighted by Crippen LogP contribution is 2.08. The van der Waals surface area contributed by atoms with Crippen LogP contribution in [0.5, 0.6) is 0 Å². The predicted molar refractivity (Wildman–Crippen MR) is 64.8 cm³/mol. The van der Waals surface area contributed by atoms with Crippen molar-refractivity contribution >= 4 is 12.5 Å². The summed E-state index contributed by atoms with van der Waals surface area (Å²) in [5, 5.41) is 6.54. The first-order chi connectivity index (χ1) is 7.88. The molecule has 1 aliphatic heterocycles. The zero-order chi connectivity index (χ0) is 11.2. The minimum Gasteiger partial charge on any atom is -0.298 e. The van der Waals surface area contributed by atoms with Gasteiger partial charge in [-0.1, -0.05) is 24.3 Å². The average molecular weight is 216 g/mol. The highest BCUT2D eigenvalue weighted by atomic mass is 16.1. The molecule has 1 aromatic rings. The lowest BCUT2D eigenvalue weighted by atomic mass is 10.1. The van der Waals surface area contributed by atoms with E-state index >= 15 is 0 Å². The average Bonchev–Trinajstić information content (AvgIpc) is 2.38. The van der Waals surface area contributed by atoms with Gasteiger partial charge in [-0.2, -0.15) is 5.10 Å². The lowest BCUT2D eigenvalue weighted by Crippen LogP contribution is -2.24. The predicted octanol–water partition coefficient (Wildman–Crippen LogP) is 2.32. The molecule has 0 atom stereocenters. The fourth-order valence-electron chi connectivity index (χ4n) is 1.80. The number of carbonyl (C=O) groups is 1. The monoisotopic (exact) mass is 216 g/mol. The van der Waals surface area contributed by atoms with E-state index < -0.39 is 0 Å². The Morgan fingerprint density at radius 3 is 2.25 bits per heavy atom. The van der Waals surface area contributed by atoms with E-state index in [1.165, 1.54) is 19.3 Å². The molecule has 2 rings (SSSR count). The summed E-state index contributed by atoms with van der Waals surface area (Å²) in [6, 6.07) is 7.45. The van der Waals surface area contributed by atoms with Crippen molar-refractivity contribution in [3.05, 3.63) is 35.4 Å². The summed E-state index contributed by atoms with van der Waals surface area (Å²) >= 11 is 0. The summed E-state index contributed by atoms with van der Waals surface area (Å²) in [7, 11) is 0. The largest absolute Gasteiger partial charge is 0.298 e. The zero-order valence-electron chi connectivity index (χ0n) is 9.30. The first-order valence-electron chi connectivity index (χ1n) is 5.73. The Morgan fingerprint density at radius 1 is 1.00 bits per heavy atom. The van der Waals surface area contributed by atoms with Crippen molar-refractivity contribution in [1.82, 2.24) is 5.01 Å². The highest BCUT2D eigenvalue weighted by molar-refractivity contribution is 5.82. The van der Waals surface area contributed by atoms with Gasteiger partial charge in [-0.25, -0.2) is 0 Å². The van der Waals surface area contributed by atoms with Crippen LogP contribution in [-0.4, -0.2) is 30.6 Å². The maximum absolute atomic E-state index is 10.5. The normalized spacial score (nSPS) is 16.6. The second-order valence-electron chi connectivity index (χ2n) is 4.04. The van der Waals surface area contributed by atoms with Crippen molar-refractivity contribution in [1.29, 1.82) is 0 Å². The summed E-state index contributed by atoms with van der Waals surface area (Å²) in [6.07, 6.45) is 6.51. The Kier molecular flexibility index (Phi) is 3.70. The van der Waals surface area contributed by atoms with Gasteiger partial charge in [0.15, 0.2) is 0 Å². The Hall–Kier alpha value is -1.64. The maximum Gasteiger partial charge on any atom is 0.150 e. The number of benzene rings is 1. The van der Waals surface area contributed by atoms with Crippen LogP contribution in [-0.2, 0) is 0 Å². The van der Waals surface area contributed by atoms with E-state index in [9.17, 15) is 4.79 Å². The molecular formula is C13H16N2O. The van der Waals surface area contributed by atoms with E-state index in [0.717, 1.165) is 24.9 Å². The smallest absolute Gasteiger partial charge is 0.150 e. The van der Waals surface area contributed by atoms with Crippen LogP contribution in [0.25, 0.3) is 0 Å². The Labute approximate surface area is 95.8 Å². The first kappa shape index (κ1) is 10.9. The second-order valence-corrected chi connectivity index (χ2v) is 4.04. The van der Waals surface area contributed by atoms with E-state index in [4.69, 9.17) is 0 Å². The molecule has 1 saturated heterocycles. The maximum atomic E-state index is 10.5. The highest BCUT2D eigenvalue weighted by Gasteiger charge is 2.05. The molecule has 0 aromatic heterocycles. The molecule has 1 heterocycles. The van der Waals surface area contributed by atoms with Crippen LogP contribution >= 0.6 is 0 Å². The molecule has 1 aliphatic rings. The number of aldehydes is 1. The third kappa shape index (κ3) is 2.92. The summed E-state index contributed by atoms with van der Waals surface area (Å²) in [4.78, 5) is 10.5. The molecule has 0 amide bonds. The topological polar surface area (TPSA) is 32.7 Å². The molecule has 0 unspecified atom stereocenters. The Morgan fingerprint density at radius 2 is 1.62 bits per heavy atom. The van der Waals surface area contributed by atoms with Crippen LogP contribution < -0.4 is 0 Å². The van der Waals surface area contributed by atoms with Crippen molar-refractivity contribution in [2.75, 3.05) is 13.1 Å². The lowest BCUT2D eigenvalue weighted by Gasteiger charge is -2.23. The third-order valence-electron chi connectivity index (χ3n) is 2.78.